The Kier molecular flexibility index (Phi) is 5.68. The molecular weight excluding hydrogens is 344 g/mol. The van der Waals surface area contributed by atoms with E-state index in [9.17, 15) is 9.59 Å². The zero-order valence-electron chi connectivity index (χ0n) is 14.9. The summed E-state index contributed by atoms with van der Waals surface area (Å²) in [5.74, 6) is -0.242. The van der Waals surface area contributed by atoms with Gasteiger partial charge in [0.05, 0.1) is 6.42 Å². The lowest BCUT2D eigenvalue weighted by Crippen LogP contribution is -2.45. The highest BCUT2D eigenvalue weighted by atomic mass is 32.1. The van der Waals surface area contributed by atoms with Crippen LogP contribution in [-0.2, 0) is 22.6 Å². The van der Waals surface area contributed by atoms with Crippen LogP contribution in [0.1, 0.15) is 18.1 Å². The Hall–Kier alpha value is -2.66. The third-order valence-electron chi connectivity index (χ3n) is 4.35. The number of carbonyl (C=O) groups is 2. The fraction of sp³-hybridized carbons (Fsp3) is 0.238. The molecule has 0 saturated carbocycles. The van der Waals surface area contributed by atoms with Gasteiger partial charge in [-0.25, -0.2) is 0 Å². The molecule has 0 radical (unpaired) electrons. The van der Waals surface area contributed by atoms with Crippen LogP contribution in [0.5, 0.6) is 0 Å². The Labute approximate surface area is 157 Å². The van der Waals surface area contributed by atoms with Gasteiger partial charge >= 0.3 is 0 Å². The monoisotopic (exact) mass is 366 g/mol. The molecule has 4 nitrogen and oxygen atoms in total. The molecule has 1 N–H and O–H groups in total. The number of nitrogens with one attached hydrogen (secondary N) is 1. The predicted molar refractivity (Wildman–Crippen MR) is 106 cm³/mol. The Morgan fingerprint density at radius 1 is 1.12 bits per heavy atom. The zero-order chi connectivity index (χ0) is 18.5. The molecule has 0 saturated heterocycles. The van der Waals surface area contributed by atoms with Gasteiger partial charge in [0.15, 0.2) is 0 Å². The van der Waals surface area contributed by atoms with E-state index in [0.717, 1.165) is 21.9 Å². The molecule has 1 aromatic heterocycles. The van der Waals surface area contributed by atoms with Crippen molar-refractivity contribution in [3.63, 3.8) is 0 Å². The fourth-order valence-corrected chi connectivity index (χ4v) is 3.70. The van der Waals surface area contributed by atoms with Crippen molar-refractivity contribution in [1.29, 1.82) is 0 Å². The molecule has 0 aliphatic rings. The molecule has 0 aliphatic carbocycles. The first-order valence-corrected chi connectivity index (χ1v) is 9.51. The molecule has 0 bridgehead atoms. The highest BCUT2D eigenvalue weighted by Crippen LogP contribution is 2.19. The average Bonchev–Trinajstić information content (AvgIpc) is 3.14. The molecule has 0 fully saturated rings. The number of likely N-dealkylation sites (N-methyl/N-ethyl adjacent to an activating group) is 1. The number of amides is 2. The van der Waals surface area contributed by atoms with Gasteiger partial charge in [-0.05, 0) is 45.6 Å². The molecule has 0 spiro atoms. The summed E-state index contributed by atoms with van der Waals surface area (Å²) in [7, 11) is 1.76. The van der Waals surface area contributed by atoms with Crippen molar-refractivity contribution in [3.05, 3.63) is 70.4 Å². The summed E-state index contributed by atoms with van der Waals surface area (Å²) in [6.45, 7) is 2.28. The average molecular weight is 366 g/mol. The highest BCUT2D eigenvalue weighted by Gasteiger charge is 2.20. The van der Waals surface area contributed by atoms with E-state index in [0.29, 0.717) is 6.54 Å². The van der Waals surface area contributed by atoms with Crippen LogP contribution >= 0.6 is 11.3 Å². The van der Waals surface area contributed by atoms with Crippen molar-refractivity contribution < 1.29 is 9.59 Å². The number of hydrogen-bond donors (Lipinski definition) is 1. The maximum Gasteiger partial charge on any atom is 0.244 e. The Morgan fingerprint density at radius 3 is 2.65 bits per heavy atom. The summed E-state index contributed by atoms with van der Waals surface area (Å²) >= 11 is 1.61. The van der Waals surface area contributed by atoms with Crippen LogP contribution in [0.2, 0.25) is 0 Å². The molecule has 0 aliphatic heterocycles. The number of benzene rings is 2. The third-order valence-corrected chi connectivity index (χ3v) is 5.09. The molecule has 1 heterocycles. The molecule has 3 aromatic rings. The molecule has 3 rings (SSSR count). The number of rotatable bonds is 6. The van der Waals surface area contributed by atoms with Crippen molar-refractivity contribution in [2.24, 2.45) is 0 Å². The lowest BCUT2D eigenvalue weighted by molar-refractivity contribution is -0.135. The standard InChI is InChI=1S/C21H22N2O2S/c1-15(21(25)23(2)13-16-10-11-26-14-16)22-20(24)12-18-8-5-7-17-6-3-4-9-19(17)18/h3-11,14-15H,12-13H2,1-2H3,(H,22,24). The van der Waals surface area contributed by atoms with Crippen LogP contribution in [0, 0.1) is 0 Å². The van der Waals surface area contributed by atoms with E-state index in [1.54, 1.807) is 30.2 Å². The van der Waals surface area contributed by atoms with Crippen molar-refractivity contribution in [2.75, 3.05) is 7.05 Å². The summed E-state index contributed by atoms with van der Waals surface area (Å²) in [5, 5.41) is 9.01. The van der Waals surface area contributed by atoms with Crippen LogP contribution in [0.15, 0.2) is 59.3 Å². The van der Waals surface area contributed by atoms with Gasteiger partial charge in [0.2, 0.25) is 11.8 Å². The van der Waals surface area contributed by atoms with Gasteiger partial charge in [-0.15, -0.1) is 0 Å². The van der Waals surface area contributed by atoms with Gasteiger partial charge in [0, 0.05) is 13.6 Å². The van der Waals surface area contributed by atoms with E-state index in [4.69, 9.17) is 0 Å². The van der Waals surface area contributed by atoms with Crippen LogP contribution in [0.3, 0.4) is 0 Å². The van der Waals surface area contributed by atoms with Gasteiger partial charge in [-0.3, -0.25) is 9.59 Å². The molecule has 2 aromatic carbocycles. The van der Waals surface area contributed by atoms with E-state index in [1.807, 2.05) is 59.3 Å². The number of thiophene rings is 1. The lowest BCUT2D eigenvalue weighted by Gasteiger charge is -2.22. The topological polar surface area (TPSA) is 49.4 Å². The van der Waals surface area contributed by atoms with E-state index < -0.39 is 6.04 Å². The second-order valence-corrected chi connectivity index (χ2v) is 7.21. The third kappa shape index (κ3) is 4.29. The SMILES string of the molecule is CC(NC(=O)Cc1cccc2ccccc12)C(=O)N(C)Cc1ccsc1. The minimum Gasteiger partial charge on any atom is -0.344 e. The van der Waals surface area contributed by atoms with E-state index in [-0.39, 0.29) is 18.2 Å². The van der Waals surface area contributed by atoms with Crippen LogP contribution < -0.4 is 5.32 Å². The molecule has 26 heavy (non-hydrogen) atoms. The summed E-state index contributed by atoms with van der Waals surface area (Å²) in [6.07, 6.45) is 0.257. The van der Waals surface area contributed by atoms with E-state index in [1.165, 1.54) is 0 Å². The number of fused-ring (bicyclic) bond motifs is 1. The highest BCUT2D eigenvalue weighted by molar-refractivity contribution is 7.07. The van der Waals surface area contributed by atoms with E-state index >= 15 is 0 Å². The van der Waals surface area contributed by atoms with Gasteiger partial charge in [0.25, 0.3) is 0 Å². The summed E-state index contributed by atoms with van der Waals surface area (Å²) in [4.78, 5) is 26.6. The van der Waals surface area contributed by atoms with Gasteiger partial charge in [0.1, 0.15) is 6.04 Å². The minimum absolute atomic E-state index is 0.0949. The molecular formula is C21H22N2O2S. The Balaban J connectivity index is 1.61. The van der Waals surface area contributed by atoms with Crippen molar-refractivity contribution in [3.8, 4) is 0 Å². The maximum atomic E-state index is 12.5. The van der Waals surface area contributed by atoms with Crippen molar-refractivity contribution in [2.45, 2.75) is 25.9 Å². The van der Waals surface area contributed by atoms with Crippen LogP contribution in [0.25, 0.3) is 10.8 Å². The molecule has 5 heteroatoms. The van der Waals surface area contributed by atoms with Crippen molar-refractivity contribution >= 4 is 33.9 Å². The second-order valence-electron chi connectivity index (χ2n) is 6.43. The Morgan fingerprint density at radius 2 is 1.88 bits per heavy atom. The number of nitrogens with zero attached hydrogens (tertiary/aromatic N) is 1. The van der Waals surface area contributed by atoms with Crippen LogP contribution in [0.4, 0.5) is 0 Å². The largest absolute Gasteiger partial charge is 0.344 e. The number of carbonyl (C=O) groups excluding carboxylic acids is 2. The Bertz CT molecular complexity index is 900. The summed E-state index contributed by atoms with van der Waals surface area (Å²) in [6, 6.07) is 15.4. The van der Waals surface area contributed by atoms with Crippen molar-refractivity contribution in [1.82, 2.24) is 10.2 Å². The lowest BCUT2D eigenvalue weighted by atomic mass is 10.0. The van der Waals surface area contributed by atoms with E-state index in [2.05, 4.69) is 5.32 Å². The second kappa shape index (κ2) is 8.15. The zero-order valence-corrected chi connectivity index (χ0v) is 15.8. The molecule has 2 amide bonds. The quantitative estimate of drug-likeness (QED) is 0.724. The fourth-order valence-electron chi connectivity index (χ4n) is 3.04. The first-order chi connectivity index (χ1) is 12.5. The normalized spacial score (nSPS) is 11.9. The maximum absolute atomic E-state index is 12.5. The molecule has 1 atom stereocenters. The van der Waals surface area contributed by atoms with Gasteiger partial charge in [-0.1, -0.05) is 42.5 Å². The molecule has 134 valence electrons. The van der Waals surface area contributed by atoms with Gasteiger partial charge in [-0.2, -0.15) is 11.3 Å². The first kappa shape index (κ1) is 18.1. The van der Waals surface area contributed by atoms with Gasteiger partial charge < -0.3 is 10.2 Å². The molecule has 1 unspecified atom stereocenters. The number of hydrogen-bond acceptors (Lipinski definition) is 3. The summed E-state index contributed by atoms with van der Waals surface area (Å²) < 4.78 is 0. The smallest absolute Gasteiger partial charge is 0.244 e. The first-order valence-electron chi connectivity index (χ1n) is 8.56. The minimum atomic E-state index is -0.555. The predicted octanol–water partition coefficient (Wildman–Crippen LogP) is 3.61. The van der Waals surface area contributed by atoms with Crippen LogP contribution in [-0.4, -0.2) is 29.8 Å². The summed E-state index contributed by atoms with van der Waals surface area (Å²) in [5.41, 5.74) is 2.06.